The molecule has 1 aromatic heterocycles. The number of benzene rings is 1. The maximum atomic E-state index is 10.9. The van der Waals surface area contributed by atoms with Gasteiger partial charge in [0, 0.05) is 17.6 Å². The molecule has 0 unspecified atom stereocenters. The van der Waals surface area contributed by atoms with Crippen LogP contribution < -0.4 is 0 Å². The lowest BCUT2D eigenvalue weighted by molar-refractivity contribution is 0.0696. The van der Waals surface area contributed by atoms with E-state index in [0.29, 0.717) is 17.1 Å². The van der Waals surface area contributed by atoms with Crippen molar-refractivity contribution in [1.82, 2.24) is 4.98 Å². The molecular weight excluding hydrogens is 280 g/mol. The third-order valence-electron chi connectivity index (χ3n) is 2.68. The van der Waals surface area contributed by atoms with Crippen LogP contribution in [-0.4, -0.2) is 27.0 Å². The summed E-state index contributed by atoms with van der Waals surface area (Å²) in [5, 5.41) is 21.8. The van der Waals surface area contributed by atoms with Gasteiger partial charge in [0.15, 0.2) is 0 Å². The molecule has 0 atom stereocenters. The van der Waals surface area contributed by atoms with Gasteiger partial charge in [-0.05, 0) is 29.8 Å². The minimum absolute atomic E-state index is 0.0854. The van der Waals surface area contributed by atoms with Gasteiger partial charge in [0.2, 0.25) is 0 Å². The van der Waals surface area contributed by atoms with E-state index >= 15 is 0 Å². The van der Waals surface area contributed by atoms with Crippen molar-refractivity contribution < 1.29 is 15.1 Å². The first kappa shape index (κ1) is 14.0. The van der Waals surface area contributed by atoms with E-state index in [1.54, 1.807) is 18.2 Å². The predicted molar refractivity (Wildman–Crippen MR) is 74.7 cm³/mol. The Balaban J connectivity index is 2.29. The number of rotatable bonds is 4. The molecule has 2 aromatic rings. The Bertz CT molecular complexity index is 671. The molecular formula is C14H11ClN2O3. The average Bonchev–Trinajstić information content (AvgIpc) is 2.45. The average molecular weight is 291 g/mol. The molecule has 0 fully saturated rings. The van der Waals surface area contributed by atoms with Crippen LogP contribution in [-0.2, 0) is 6.42 Å². The number of pyridine rings is 1. The summed E-state index contributed by atoms with van der Waals surface area (Å²) in [7, 11) is 0. The van der Waals surface area contributed by atoms with Gasteiger partial charge in [-0.15, -0.1) is 0 Å². The van der Waals surface area contributed by atoms with Gasteiger partial charge in [0.25, 0.3) is 0 Å². The predicted octanol–water partition coefficient (Wildman–Crippen LogP) is 2.85. The van der Waals surface area contributed by atoms with Crippen LogP contribution in [0.5, 0.6) is 0 Å². The molecule has 0 aliphatic rings. The molecule has 102 valence electrons. The number of carboxylic acid groups (broad SMARTS) is 1. The number of aromatic carboxylic acids is 1. The Labute approximate surface area is 120 Å². The van der Waals surface area contributed by atoms with E-state index in [4.69, 9.17) is 21.9 Å². The molecule has 0 radical (unpaired) electrons. The maximum Gasteiger partial charge on any atom is 0.335 e. The van der Waals surface area contributed by atoms with Crippen LogP contribution in [0.3, 0.4) is 0 Å². The zero-order valence-corrected chi connectivity index (χ0v) is 11.1. The van der Waals surface area contributed by atoms with Gasteiger partial charge < -0.3 is 10.3 Å². The summed E-state index contributed by atoms with van der Waals surface area (Å²) in [6.45, 7) is 0. The van der Waals surface area contributed by atoms with E-state index in [2.05, 4.69) is 10.1 Å². The number of carbonyl (C=O) groups is 1. The molecule has 0 aliphatic heterocycles. The Hall–Kier alpha value is -2.40. The van der Waals surface area contributed by atoms with E-state index in [1.165, 1.54) is 18.3 Å². The highest BCUT2D eigenvalue weighted by molar-refractivity contribution is 6.30. The quantitative estimate of drug-likeness (QED) is 0.515. The Morgan fingerprint density at radius 1 is 1.30 bits per heavy atom. The molecule has 5 nitrogen and oxygen atoms in total. The van der Waals surface area contributed by atoms with E-state index in [0.717, 1.165) is 5.56 Å². The first-order chi connectivity index (χ1) is 9.60. The zero-order valence-electron chi connectivity index (χ0n) is 10.3. The molecule has 20 heavy (non-hydrogen) atoms. The van der Waals surface area contributed by atoms with Gasteiger partial charge >= 0.3 is 5.97 Å². The molecule has 1 aromatic carbocycles. The van der Waals surface area contributed by atoms with Gasteiger partial charge in [0.1, 0.15) is 5.71 Å². The standard InChI is InChI=1S/C14H11ClN2O3/c15-11-3-1-2-9(6-11)7-13(17-20)12-8-10(14(18)19)4-5-16-12/h1-6,8,20H,7H2,(H,18,19)/b17-13+. The number of aromatic nitrogens is 1. The lowest BCUT2D eigenvalue weighted by Gasteiger charge is -2.05. The van der Waals surface area contributed by atoms with Crippen molar-refractivity contribution in [2.75, 3.05) is 0 Å². The highest BCUT2D eigenvalue weighted by Crippen LogP contribution is 2.14. The molecule has 2 N–H and O–H groups in total. The van der Waals surface area contributed by atoms with Crippen LogP contribution in [0.1, 0.15) is 21.6 Å². The van der Waals surface area contributed by atoms with Gasteiger partial charge in [-0.1, -0.05) is 28.9 Å². The Morgan fingerprint density at radius 2 is 2.10 bits per heavy atom. The summed E-state index contributed by atoms with van der Waals surface area (Å²) in [6.07, 6.45) is 1.66. The van der Waals surface area contributed by atoms with Gasteiger partial charge in [0.05, 0.1) is 11.3 Å². The summed E-state index contributed by atoms with van der Waals surface area (Å²) in [6, 6.07) is 9.84. The van der Waals surface area contributed by atoms with Gasteiger partial charge in [-0.3, -0.25) is 4.98 Å². The topological polar surface area (TPSA) is 82.8 Å². The van der Waals surface area contributed by atoms with Crippen LogP contribution in [0, 0.1) is 0 Å². The summed E-state index contributed by atoms with van der Waals surface area (Å²) in [5.74, 6) is -1.06. The Kier molecular flexibility index (Phi) is 4.32. The molecule has 0 saturated heterocycles. The molecule has 2 rings (SSSR count). The normalized spacial score (nSPS) is 11.3. The van der Waals surface area contributed by atoms with Crippen molar-refractivity contribution in [1.29, 1.82) is 0 Å². The maximum absolute atomic E-state index is 10.9. The van der Waals surface area contributed by atoms with E-state index in [-0.39, 0.29) is 11.3 Å². The first-order valence-corrected chi connectivity index (χ1v) is 6.13. The van der Waals surface area contributed by atoms with Gasteiger partial charge in [-0.2, -0.15) is 0 Å². The highest BCUT2D eigenvalue weighted by atomic mass is 35.5. The fraction of sp³-hybridized carbons (Fsp3) is 0.0714. The van der Waals surface area contributed by atoms with Gasteiger partial charge in [-0.25, -0.2) is 4.79 Å². The minimum Gasteiger partial charge on any atom is -0.478 e. The molecule has 0 bridgehead atoms. The second kappa shape index (κ2) is 6.16. The monoisotopic (exact) mass is 290 g/mol. The number of oxime groups is 1. The van der Waals surface area contributed by atoms with Crippen LogP contribution in [0.15, 0.2) is 47.8 Å². The lowest BCUT2D eigenvalue weighted by atomic mass is 10.0. The van der Waals surface area contributed by atoms with E-state index in [9.17, 15) is 4.79 Å². The van der Waals surface area contributed by atoms with Crippen molar-refractivity contribution in [3.05, 3.63) is 64.4 Å². The largest absolute Gasteiger partial charge is 0.478 e. The smallest absolute Gasteiger partial charge is 0.335 e. The van der Waals surface area contributed by atoms with Crippen molar-refractivity contribution >= 4 is 23.3 Å². The molecule has 0 amide bonds. The molecule has 6 heteroatoms. The summed E-state index contributed by atoms with van der Waals surface area (Å²) >= 11 is 5.89. The molecule has 0 aliphatic carbocycles. The second-order valence-electron chi connectivity index (χ2n) is 4.09. The third kappa shape index (κ3) is 3.33. The summed E-state index contributed by atoms with van der Waals surface area (Å²) in [5.41, 5.74) is 1.51. The van der Waals surface area contributed by atoms with E-state index < -0.39 is 5.97 Å². The number of hydrogen-bond acceptors (Lipinski definition) is 4. The van der Waals surface area contributed by atoms with Crippen molar-refractivity contribution in [2.45, 2.75) is 6.42 Å². The highest BCUT2D eigenvalue weighted by Gasteiger charge is 2.11. The van der Waals surface area contributed by atoms with Crippen LogP contribution >= 0.6 is 11.6 Å². The van der Waals surface area contributed by atoms with Crippen LogP contribution in [0.2, 0.25) is 5.02 Å². The second-order valence-corrected chi connectivity index (χ2v) is 4.52. The van der Waals surface area contributed by atoms with E-state index in [1.807, 2.05) is 6.07 Å². The number of halogens is 1. The number of nitrogens with zero attached hydrogens (tertiary/aromatic N) is 2. The Morgan fingerprint density at radius 3 is 2.75 bits per heavy atom. The minimum atomic E-state index is -1.06. The third-order valence-corrected chi connectivity index (χ3v) is 2.92. The lowest BCUT2D eigenvalue weighted by Crippen LogP contribution is -2.09. The first-order valence-electron chi connectivity index (χ1n) is 5.75. The number of hydrogen-bond donors (Lipinski definition) is 2. The van der Waals surface area contributed by atoms with Crippen molar-refractivity contribution in [3.63, 3.8) is 0 Å². The fourth-order valence-corrected chi connectivity index (χ4v) is 1.95. The molecule has 1 heterocycles. The van der Waals surface area contributed by atoms with Crippen molar-refractivity contribution in [2.24, 2.45) is 5.16 Å². The SMILES string of the molecule is O=C(O)c1ccnc(/C(Cc2cccc(Cl)c2)=N/O)c1. The van der Waals surface area contributed by atoms with Crippen molar-refractivity contribution in [3.8, 4) is 0 Å². The molecule has 0 saturated carbocycles. The summed E-state index contributed by atoms with van der Waals surface area (Å²) < 4.78 is 0. The molecule has 0 spiro atoms. The summed E-state index contributed by atoms with van der Waals surface area (Å²) in [4.78, 5) is 14.9. The van der Waals surface area contributed by atoms with Crippen LogP contribution in [0.4, 0.5) is 0 Å². The van der Waals surface area contributed by atoms with Crippen LogP contribution in [0.25, 0.3) is 0 Å². The number of carboxylic acids is 1. The zero-order chi connectivity index (χ0) is 14.5. The fourth-order valence-electron chi connectivity index (χ4n) is 1.74.